The zero-order valence-corrected chi connectivity index (χ0v) is 16.2. The lowest BCUT2D eigenvalue weighted by Crippen LogP contribution is -2.19. The van der Waals surface area contributed by atoms with E-state index in [-0.39, 0.29) is 15.4 Å². The van der Waals surface area contributed by atoms with Gasteiger partial charge in [-0.05, 0) is 48.2 Å². The molecule has 0 aliphatic heterocycles. The maximum Gasteiger partial charge on any atom is 0.177 e. The number of rotatable bonds is 6. The van der Waals surface area contributed by atoms with Crippen molar-refractivity contribution < 1.29 is 9.53 Å². The molecule has 2 nitrogen and oxygen atoms in total. The summed E-state index contributed by atoms with van der Waals surface area (Å²) in [6.45, 7) is 0. The average Bonchev–Trinajstić information content (AvgIpc) is 2.60. The molecule has 0 N–H and O–H groups in total. The third kappa shape index (κ3) is 4.15. The van der Waals surface area contributed by atoms with Gasteiger partial charge in [0.05, 0.1) is 16.8 Å². The normalized spacial score (nSPS) is 13.5. The second kappa shape index (κ2) is 8.18. The maximum absolute atomic E-state index is 12.6. The van der Waals surface area contributed by atoms with E-state index in [1.165, 1.54) is 4.90 Å². The predicted octanol–water partition coefficient (Wildman–Crippen LogP) is 5.50. The van der Waals surface area contributed by atoms with Crippen LogP contribution in [-0.2, 0) is 0 Å². The summed E-state index contributed by atoms with van der Waals surface area (Å²) in [6.07, 6.45) is 2.04. The fourth-order valence-electron chi connectivity index (χ4n) is 2.00. The zero-order chi connectivity index (χ0) is 16.1. The standard InChI is InChI=1S/C17H16Br2O2S/c1-21-13-7-3-12(4-8-13)17(20)16(19)15(18)11-5-9-14(22-2)10-6-11/h3-10,15-16H,1-2H3. The van der Waals surface area contributed by atoms with Crippen LogP contribution in [0.3, 0.4) is 0 Å². The Morgan fingerprint density at radius 1 is 1.05 bits per heavy atom. The molecule has 0 fully saturated rings. The van der Waals surface area contributed by atoms with Gasteiger partial charge in [0.1, 0.15) is 5.75 Å². The monoisotopic (exact) mass is 442 g/mol. The highest BCUT2D eigenvalue weighted by atomic mass is 79.9. The second-order valence-corrected chi connectivity index (χ2v) is 7.52. The molecular formula is C17H16Br2O2S. The first-order valence-electron chi connectivity index (χ1n) is 6.67. The molecule has 0 bridgehead atoms. The van der Waals surface area contributed by atoms with Gasteiger partial charge in [0.25, 0.3) is 0 Å². The second-order valence-electron chi connectivity index (χ2n) is 4.67. The Balaban J connectivity index is 2.13. The number of ether oxygens (including phenoxy) is 1. The molecule has 2 rings (SSSR count). The number of alkyl halides is 2. The van der Waals surface area contributed by atoms with E-state index in [1.54, 1.807) is 43.1 Å². The van der Waals surface area contributed by atoms with Crippen molar-refractivity contribution in [1.29, 1.82) is 0 Å². The number of thioether (sulfide) groups is 1. The summed E-state index contributed by atoms with van der Waals surface area (Å²) in [5, 5.41) is 0. The van der Waals surface area contributed by atoms with Crippen molar-refractivity contribution in [3.8, 4) is 5.75 Å². The Morgan fingerprint density at radius 3 is 2.14 bits per heavy atom. The fraction of sp³-hybridized carbons (Fsp3) is 0.235. The Kier molecular flexibility index (Phi) is 6.53. The van der Waals surface area contributed by atoms with Crippen LogP contribution in [0.1, 0.15) is 20.7 Å². The van der Waals surface area contributed by atoms with Gasteiger partial charge in [-0.25, -0.2) is 0 Å². The largest absolute Gasteiger partial charge is 0.497 e. The summed E-state index contributed by atoms with van der Waals surface area (Å²) >= 11 is 8.84. The van der Waals surface area contributed by atoms with E-state index in [2.05, 4.69) is 44.0 Å². The van der Waals surface area contributed by atoms with Crippen LogP contribution in [0.5, 0.6) is 5.75 Å². The highest BCUT2D eigenvalue weighted by molar-refractivity contribution is 9.12. The van der Waals surface area contributed by atoms with Gasteiger partial charge in [-0.1, -0.05) is 44.0 Å². The van der Waals surface area contributed by atoms with E-state index >= 15 is 0 Å². The molecule has 0 amide bonds. The number of Topliss-reactive ketones (excluding diaryl/α,β-unsaturated/α-hetero) is 1. The molecular weight excluding hydrogens is 428 g/mol. The van der Waals surface area contributed by atoms with Crippen LogP contribution in [0.2, 0.25) is 0 Å². The molecule has 2 atom stereocenters. The summed E-state index contributed by atoms with van der Waals surface area (Å²) in [7, 11) is 1.61. The lowest BCUT2D eigenvalue weighted by atomic mass is 10.0. The molecule has 0 aliphatic rings. The molecule has 0 saturated carbocycles. The van der Waals surface area contributed by atoms with Crippen molar-refractivity contribution in [3.63, 3.8) is 0 Å². The molecule has 2 aromatic rings. The number of halogens is 2. The van der Waals surface area contributed by atoms with Gasteiger partial charge in [0.15, 0.2) is 5.78 Å². The quantitative estimate of drug-likeness (QED) is 0.335. The van der Waals surface area contributed by atoms with Crippen molar-refractivity contribution in [2.24, 2.45) is 0 Å². The third-order valence-electron chi connectivity index (χ3n) is 3.32. The van der Waals surface area contributed by atoms with E-state index in [1.807, 2.05) is 18.4 Å². The van der Waals surface area contributed by atoms with Gasteiger partial charge in [0, 0.05) is 10.5 Å². The lowest BCUT2D eigenvalue weighted by Gasteiger charge is -2.17. The molecule has 5 heteroatoms. The molecule has 2 aromatic carbocycles. The Morgan fingerprint density at radius 2 is 1.64 bits per heavy atom. The van der Waals surface area contributed by atoms with E-state index in [0.29, 0.717) is 5.56 Å². The fourth-order valence-corrected chi connectivity index (χ4v) is 3.53. The van der Waals surface area contributed by atoms with Crippen molar-refractivity contribution in [3.05, 3.63) is 59.7 Å². The van der Waals surface area contributed by atoms with Crippen LogP contribution in [0, 0.1) is 0 Å². The van der Waals surface area contributed by atoms with E-state index in [0.717, 1.165) is 11.3 Å². The number of hydrogen-bond donors (Lipinski definition) is 0. The summed E-state index contributed by atoms with van der Waals surface area (Å²) in [5.74, 6) is 0.782. The first-order chi connectivity index (χ1) is 10.6. The summed E-state index contributed by atoms with van der Waals surface area (Å²) in [4.78, 5) is 13.3. The average molecular weight is 444 g/mol. The molecule has 0 spiro atoms. The molecule has 0 saturated heterocycles. The molecule has 2 unspecified atom stereocenters. The number of hydrogen-bond acceptors (Lipinski definition) is 3. The maximum atomic E-state index is 12.6. The van der Waals surface area contributed by atoms with Crippen LogP contribution in [0.15, 0.2) is 53.4 Å². The summed E-state index contributed by atoms with van der Waals surface area (Å²) in [6, 6.07) is 15.4. The van der Waals surface area contributed by atoms with Crippen LogP contribution >= 0.6 is 43.6 Å². The van der Waals surface area contributed by atoms with Crippen LogP contribution in [-0.4, -0.2) is 24.0 Å². The van der Waals surface area contributed by atoms with Gasteiger partial charge >= 0.3 is 0 Å². The highest BCUT2D eigenvalue weighted by Crippen LogP contribution is 2.34. The van der Waals surface area contributed by atoms with Crippen molar-refractivity contribution in [2.75, 3.05) is 13.4 Å². The lowest BCUT2D eigenvalue weighted by molar-refractivity contribution is 0.0991. The Bertz CT molecular complexity index is 626. The van der Waals surface area contributed by atoms with Crippen LogP contribution < -0.4 is 4.74 Å². The summed E-state index contributed by atoms with van der Waals surface area (Å²) < 4.78 is 5.11. The number of benzene rings is 2. The van der Waals surface area contributed by atoms with Gasteiger partial charge in [-0.3, -0.25) is 4.79 Å². The highest BCUT2D eigenvalue weighted by Gasteiger charge is 2.26. The topological polar surface area (TPSA) is 26.3 Å². The minimum Gasteiger partial charge on any atom is -0.497 e. The molecule has 116 valence electrons. The molecule has 22 heavy (non-hydrogen) atoms. The van der Waals surface area contributed by atoms with Gasteiger partial charge in [0.2, 0.25) is 0 Å². The van der Waals surface area contributed by atoms with Gasteiger partial charge in [-0.15, -0.1) is 11.8 Å². The molecule has 0 aliphatic carbocycles. The van der Waals surface area contributed by atoms with Gasteiger partial charge in [-0.2, -0.15) is 0 Å². The SMILES string of the molecule is COc1ccc(C(=O)C(Br)C(Br)c2ccc(SC)cc2)cc1. The molecule has 0 heterocycles. The Hall–Kier alpha value is -0.780. The smallest absolute Gasteiger partial charge is 0.177 e. The minimum absolute atomic E-state index is 0.0403. The van der Waals surface area contributed by atoms with E-state index in [9.17, 15) is 4.79 Å². The zero-order valence-electron chi connectivity index (χ0n) is 12.3. The van der Waals surface area contributed by atoms with Crippen LogP contribution in [0.4, 0.5) is 0 Å². The van der Waals surface area contributed by atoms with Crippen LogP contribution in [0.25, 0.3) is 0 Å². The third-order valence-corrected chi connectivity index (χ3v) is 6.77. The number of ketones is 1. The number of methoxy groups -OCH3 is 1. The van der Waals surface area contributed by atoms with Gasteiger partial charge < -0.3 is 4.74 Å². The first kappa shape index (κ1) is 17.6. The van der Waals surface area contributed by atoms with Crippen molar-refractivity contribution in [1.82, 2.24) is 0 Å². The van der Waals surface area contributed by atoms with E-state index < -0.39 is 0 Å². The number of carbonyl (C=O) groups is 1. The number of carbonyl (C=O) groups excluding carboxylic acids is 1. The van der Waals surface area contributed by atoms with Crippen molar-refractivity contribution >= 4 is 49.4 Å². The molecule has 0 radical (unpaired) electrons. The van der Waals surface area contributed by atoms with Crippen molar-refractivity contribution in [2.45, 2.75) is 14.5 Å². The summed E-state index contributed by atoms with van der Waals surface area (Å²) in [5.41, 5.74) is 1.73. The minimum atomic E-state index is -0.332. The molecule has 0 aromatic heterocycles. The Labute approximate surface area is 151 Å². The van der Waals surface area contributed by atoms with E-state index in [4.69, 9.17) is 4.74 Å². The predicted molar refractivity (Wildman–Crippen MR) is 99.9 cm³/mol. The first-order valence-corrected chi connectivity index (χ1v) is 9.72.